The van der Waals surface area contributed by atoms with Crippen molar-refractivity contribution in [1.29, 1.82) is 0 Å². The fourth-order valence-corrected chi connectivity index (χ4v) is 5.86. The molecule has 1 saturated carbocycles. The van der Waals surface area contributed by atoms with Crippen molar-refractivity contribution in [2.45, 2.75) is 51.6 Å². The fourth-order valence-electron chi connectivity index (χ4n) is 4.62. The number of carbonyl (C=O) groups excluding carboxylic acids is 1. The SMILES string of the molecule is COc1ccc(CN2C(=O)/C(=C\c3c(NC4CCCCC4)nc4ccc(C)cn4c3=O)SC2=S)cc1. The first-order valence-electron chi connectivity index (χ1n) is 12.1. The number of anilines is 1. The van der Waals surface area contributed by atoms with Gasteiger partial charge in [0.25, 0.3) is 11.5 Å². The molecule has 1 N–H and O–H groups in total. The third-order valence-corrected chi connectivity index (χ3v) is 7.98. The highest BCUT2D eigenvalue weighted by Crippen LogP contribution is 2.34. The summed E-state index contributed by atoms with van der Waals surface area (Å²) in [5.41, 5.74) is 2.65. The largest absolute Gasteiger partial charge is 0.497 e. The van der Waals surface area contributed by atoms with Gasteiger partial charge in [-0.15, -0.1) is 0 Å². The molecule has 3 aromatic rings. The fraction of sp³-hybridized carbons (Fsp3) is 0.333. The monoisotopic (exact) mass is 520 g/mol. The topological polar surface area (TPSA) is 75.9 Å². The molecule has 3 heterocycles. The second-order valence-electron chi connectivity index (χ2n) is 9.21. The van der Waals surface area contributed by atoms with Crippen molar-refractivity contribution in [3.63, 3.8) is 0 Å². The molecule has 2 aliphatic rings. The van der Waals surface area contributed by atoms with Crippen LogP contribution in [0, 0.1) is 6.92 Å². The number of carbonyl (C=O) groups is 1. The Bertz CT molecular complexity index is 1410. The summed E-state index contributed by atoms with van der Waals surface area (Å²) in [6.07, 6.45) is 9.06. The number of hydrogen-bond acceptors (Lipinski definition) is 7. The first kappa shape index (κ1) is 24.5. The lowest BCUT2D eigenvalue weighted by atomic mass is 9.95. The second kappa shape index (κ2) is 10.4. The molecular weight excluding hydrogens is 492 g/mol. The number of nitrogens with zero attached hydrogens (tertiary/aromatic N) is 3. The highest BCUT2D eigenvalue weighted by Gasteiger charge is 2.33. The van der Waals surface area contributed by atoms with Gasteiger partial charge in [0.2, 0.25) is 0 Å². The summed E-state index contributed by atoms with van der Waals surface area (Å²) in [7, 11) is 1.62. The summed E-state index contributed by atoms with van der Waals surface area (Å²) in [5.74, 6) is 1.07. The van der Waals surface area contributed by atoms with Gasteiger partial charge >= 0.3 is 0 Å². The average Bonchev–Trinajstić information content (AvgIpc) is 3.15. The molecule has 0 atom stereocenters. The van der Waals surface area contributed by atoms with E-state index >= 15 is 0 Å². The standard InChI is InChI=1S/C27H28N4O3S2/c1-17-8-13-23-29-24(28-19-6-4-3-5-7-19)21(25(32)30(23)15-17)14-22-26(33)31(27(35)36-22)16-18-9-11-20(34-2)12-10-18/h8-15,19,28H,3-7,16H2,1-2H3/b22-14+. The Labute approximate surface area is 219 Å². The molecule has 1 saturated heterocycles. The van der Waals surface area contributed by atoms with E-state index in [2.05, 4.69) is 5.32 Å². The van der Waals surface area contributed by atoms with Crippen molar-refractivity contribution in [2.24, 2.45) is 0 Å². The van der Waals surface area contributed by atoms with E-state index in [1.165, 1.54) is 18.2 Å². The number of methoxy groups -OCH3 is 1. The average molecular weight is 521 g/mol. The van der Waals surface area contributed by atoms with E-state index in [1.54, 1.807) is 28.7 Å². The summed E-state index contributed by atoms with van der Waals surface area (Å²) in [4.78, 5) is 33.7. The van der Waals surface area contributed by atoms with Crippen LogP contribution in [0.2, 0.25) is 0 Å². The van der Waals surface area contributed by atoms with E-state index in [0.29, 0.717) is 32.8 Å². The van der Waals surface area contributed by atoms with E-state index in [9.17, 15) is 9.59 Å². The van der Waals surface area contributed by atoms with E-state index < -0.39 is 0 Å². The van der Waals surface area contributed by atoms with Gasteiger partial charge in [0.05, 0.1) is 24.1 Å². The quantitative estimate of drug-likeness (QED) is 0.356. The maximum atomic E-state index is 13.6. The molecule has 1 amide bonds. The predicted molar refractivity (Wildman–Crippen MR) is 148 cm³/mol. The van der Waals surface area contributed by atoms with E-state index in [-0.39, 0.29) is 17.5 Å². The van der Waals surface area contributed by atoms with Crippen LogP contribution >= 0.6 is 24.0 Å². The highest BCUT2D eigenvalue weighted by atomic mass is 32.2. The van der Waals surface area contributed by atoms with Crippen LogP contribution < -0.4 is 15.6 Å². The lowest BCUT2D eigenvalue weighted by Gasteiger charge is -2.24. The van der Waals surface area contributed by atoms with Gasteiger partial charge in [-0.05, 0) is 55.2 Å². The van der Waals surface area contributed by atoms with Gasteiger partial charge in [-0.3, -0.25) is 18.9 Å². The summed E-state index contributed by atoms with van der Waals surface area (Å²) in [6, 6.07) is 11.6. The second-order valence-corrected chi connectivity index (χ2v) is 10.9. The zero-order valence-corrected chi connectivity index (χ0v) is 22.0. The first-order valence-corrected chi connectivity index (χ1v) is 13.3. The van der Waals surface area contributed by atoms with Crippen LogP contribution in [0.25, 0.3) is 11.7 Å². The van der Waals surface area contributed by atoms with Crippen molar-refractivity contribution in [1.82, 2.24) is 14.3 Å². The molecular formula is C27H28N4O3S2. The number of aromatic nitrogens is 2. The molecule has 0 bridgehead atoms. The lowest BCUT2D eigenvalue weighted by Crippen LogP contribution is -2.28. The van der Waals surface area contributed by atoms with Gasteiger partial charge in [0.15, 0.2) is 0 Å². The Hall–Kier alpha value is -3.17. The Balaban J connectivity index is 1.50. The van der Waals surface area contributed by atoms with Gasteiger partial charge < -0.3 is 10.1 Å². The first-order chi connectivity index (χ1) is 17.4. The van der Waals surface area contributed by atoms with E-state index in [1.807, 2.05) is 43.3 Å². The zero-order valence-electron chi connectivity index (χ0n) is 20.3. The van der Waals surface area contributed by atoms with Crippen LogP contribution in [0.15, 0.2) is 52.3 Å². The van der Waals surface area contributed by atoms with E-state index in [4.69, 9.17) is 21.9 Å². The van der Waals surface area contributed by atoms with Crippen LogP contribution in [0.1, 0.15) is 48.8 Å². The highest BCUT2D eigenvalue weighted by molar-refractivity contribution is 8.26. The van der Waals surface area contributed by atoms with Gasteiger partial charge in [-0.25, -0.2) is 4.98 Å². The lowest BCUT2D eigenvalue weighted by molar-refractivity contribution is -0.122. The Morgan fingerprint density at radius 3 is 2.61 bits per heavy atom. The summed E-state index contributed by atoms with van der Waals surface area (Å²) < 4.78 is 7.23. The van der Waals surface area contributed by atoms with Crippen LogP contribution in [-0.4, -0.2) is 37.7 Å². The number of rotatable bonds is 6. The minimum atomic E-state index is -0.210. The van der Waals surface area contributed by atoms with Gasteiger partial charge in [0.1, 0.15) is 21.5 Å². The molecule has 1 aromatic carbocycles. The Morgan fingerprint density at radius 2 is 1.89 bits per heavy atom. The molecule has 186 valence electrons. The molecule has 5 rings (SSSR count). The number of benzene rings is 1. The van der Waals surface area contributed by atoms with E-state index in [0.717, 1.165) is 42.6 Å². The van der Waals surface area contributed by atoms with Crippen molar-refractivity contribution < 1.29 is 9.53 Å². The zero-order chi connectivity index (χ0) is 25.2. The minimum absolute atomic E-state index is 0.206. The molecule has 9 heteroatoms. The smallest absolute Gasteiger partial charge is 0.267 e. The van der Waals surface area contributed by atoms with Gasteiger partial charge in [-0.1, -0.05) is 61.4 Å². The van der Waals surface area contributed by atoms with Crippen molar-refractivity contribution >= 4 is 51.7 Å². The third-order valence-electron chi connectivity index (χ3n) is 6.60. The number of aryl methyl sites for hydroxylation is 1. The van der Waals surface area contributed by atoms with Crippen LogP contribution in [0.4, 0.5) is 5.82 Å². The number of amides is 1. The third kappa shape index (κ3) is 5.03. The molecule has 7 nitrogen and oxygen atoms in total. The summed E-state index contributed by atoms with van der Waals surface area (Å²) >= 11 is 6.75. The van der Waals surface area contributed by atoms with Gasteiger partial charge in [0, 0.05) is 12.2 Å². The Morgan fingerprint density at radius 1 is 1.14 bits per heavy atom. The molecule has 1 aliphatic carbocycles. The maximum absolute atomic E-state index is 13.6. The molecule has 2 fully saturated rings. The van der Waals surface area contributed by atoms with Crippen molar-refractivity contribution in [3.8, 4) is 5.75 Å². The predicted octanol–water partition coefficient (Wildman–Crippen LogP) is 5.16. The summed E-state index contributed by atoms with van der Waals surface area (Å²) in [6.45, 7) is 2.29. The number of ether oxygens (including phenoxy) is 1. The normalized spacial score (nSPS) is 17.8. The molecule has 1 aliphatic heterocycles. The number of thiocarbonyl (C=S) groups is 1. The molecule has 0 radical (unpaired) electrons. The number of thioether (sulfide) groups is 1. The molecule has 36 heavy (non-hydrogen) atoms. The van der Waals surface area contributed by atoms with Crippen LogP contribution in [0.5, 0.6) is 5.75 Å². The van der Waals surface area contributed by atoms with Crippen LogP contribution in [0.3, 0.4) is 0 Å². The minimum Gasteiger partial charge on any atom is -0.497 e. The van der Waals surface area contributed by atoms with Crippen molar-refractivity contribution in [3.05, 3.63) is 74.5 Å². The van der Waals surface area contributed by atoms with Gasteiger partial charge in [-0.2, -0.15) is 0 Å². The number of hydrogen-bond donors (Lipinski definition) is 1. The molecule has 0 unspecified atom stereocenters. The Kier molecular flexibility index (Phi) is 7.11. The molecule has 2 aromatic heterocycles. The van der Waals surface area contributed by atoms with Crippen molar-refractivity contribution in [2.75, 3.05) is 12.4 Å². The molecule has 0 spiro atoms. The number of fused-ring (bicyclic) bond motifs is 1. The van der Waals surface area contributed by atoms with Crippen LogP contribution in [-0.2, 0) is 11.3 Å². The number of nitrogens with one attached hydrogen (secondary N) is 1. The summed E-state index contributed by atoms with van der Waals surface area (Å²) in [5, 5.41) is 3.51. The maximum Gasteiger partial charge on any atom is 0.267 e. The number of pyridine rings is 1.